The molecule has 1 fully saturated rings. The summed E-state index contributed by atoms with van der Waals surface area (Å²) in [5.41, 5.74) is 0.950. The Hall–Kier alpha value is -3.10. The van der Waals surface area contributed by atoms with Gasteiger partial charge < -0.3 is 15.4 Å². The number of aromatic nitrogens is 4. The Morgan fingerprint density at radius 2 is 2.15 bits per heavy atom. The van der Waals surface area contributed by atoms with Crippen LogP contribution < -0.4 is 5.32 Å². The minimum Gasteiger partial charge on any atom is -0.481 e. The number of fused-ring (bicyclic) bond motifs is 1. The van der Waals surface area contributed by atoms with Crippen LogP contribution in [-0.2, 0) is 4.79 Å². The molecule has 3 heterocycles. The molecular formula is C18H17F2N5O2. The molecule has 7 nitrogen and oxygen atoms in total. The first-order chi connectivity index (χ1) is 13.0. The van der Waals surface area contributed by atoms with Crippen molar-refractivity contribution in [1.82, 2.24) is 19.9 Å². The first kappa shape index (κ1) is 17.3. The van der Waals surface area contributed by atoms with Gasteiger partial charge in [0.1, 0.15) is 11.5 Å². The van der Waals surface area contributed by atoms with Crippen molar-refractivity contribution in [3.8, 4) is 11.4 Å². The molecule has 1 atom stereocenters. The molecule has 1 unspecified atom stereocenters. The van der Waals surface area contributed by atoms with Gasteiger partial charge in [-0.2, -0.15) is 0 Å². The molecule has 9 heteroatoms. The predicted molar refractivity (Wildman–Crippen MR) is 94.0 cm³/mol. The van der Waals surface area contributed by atoms with E-state index in [1.165, 1.54) is 6.07 Å². The van der Waals surface area contributed by atoms with E-state index in [0.717, 1.165) is 31.7 Å². The highest BCUT2D eigenvalue weighted by atomic mass is 19.1. The van der Waals surface area contributed by atoms with E-state index in [1.54, 1.807) is 6.20 Å². The van der Waals surface area contributed by atoms with Crippen LogP contribution >= 0.6 is 0 Å². The van der Waals surface area contributed by atoms with Gasteiger partial charge in [0, 0.05) is 23.2 Å². The van der Waals surface area contributed by atoms with Crippen molar-refractivity contribution >= 4 is 22.8 Å². The summed E-state index contributed by atoms with van der Waals surface area (Å²) in [5, 5.41) is 12.6. The van der Waals surface area contributed by atoms with Gasteiger partial charge in [0.2, 0.25) is 0 Å². The standard InChI is InChI=1S/C18H17F2N5O2/c19-10-4-11-12(7-22-16(11)21-6-10)17-23-8-13(20)18(25-17)24-14(5-15(26)27)9-2-1-3-9/h4,6-9,14H,1-3,5H2,(H,21,22)(H,26,27)(H,23,24,25). The van der Waals surface area contributed by atoms with Crippen molar-refractivity contribution in [3.05, 3.63) is 36.3 Å². The topological polar surface area (TPSA) is 104 Å². The molecule has 4 rings (SSSR count). The van der Waals surface area contributed by atoms with E-state index in [9.17, 15) is 13.6 Å². The fraction of sp³-hybridized carbons (Fsp3) is 0.333. The molecule has 0 radical (unpaired) electrons. The molecule has 140 valence electrons. The van der Waals surface area contributed by atoms with Crippen molar-refractivity contribution in [2.24, 2.45) is 5.92 Å². The smallest absolute Gasteiger partial charge is 0.305 e. The van der Waals surface area contributed by atoms with E-state index < -0.39 is 23.6 Å². The number of hydrogen-bond acceptors (Lipinski definition) is 5. The Balaban J connectivity index is 1.68. The third kappa shape index (κ3) is 3.44. The number of aliphatic carboxylic acids is 1. The number of nitrogens with zero attached hydrogens (tertiary/aromatic N) is 3. The largest absolute Gasteiger partial charge is 0.481 e. The summed E-state index contributed by atoms with van der Waals surface area (Å²) in [6.45, 7) is 0. The number of nitrogens with one attached hydrogen (secondary N) is 2. The molecule has 0 aliphatic heterocycles. The maximum Gasteiger partial charge on any atom is 0.305 e. The second kappa shape index (κ2) is 6.90. The average Bonchev–Trinajstić information content (AvgIpc) is 2.97. The minimum atomic E-state index is -0.952. The molecule has 0 aromatic carbocycles. The number of carboxylic acid groups (broad SMARTS) is 1. The van der Waals surface area contributed by atoms with E-state index in [2.05, 4.69) is 25.3 Å². The highest BCUT2D eigenvalue weighted by Crippen LogP contribution is 2.33. The van der Waals surface area contributed by atoms with Crippen LogP contribution in [0.2, 0.25) is 0 Å². The van der Waals surface area contributed by atoms with Crippen LogP contribution in [0.15, 0.2) is 24.7 Å². The van der Waals surface area contributed by atoms with Gasteiger partial charge in [-0.1, -0.05) is 6.42 Å². The van der Waals surface area contributed by atoms with Gasteiger partial charge in [0.15, 0.2) is 17.5 Å². The van der Waals surface area contributed by atoms with Crippen molar-refractivity contribution < 1.29 is 18.7 Å². The summed E-state index contributed by atoms with van der Waals surface area (Å²) in [7, 11) is 0. The fourth-order valence-corrected chi connectivity index (χ4v) is 3.30. The quantitative estimate of drug-likeness (QED) is 0.612. The van der Waals surface area contributed by atoms with Gasteiger partial charge in [0.25, 0.3) is 0 Å². The lowest BCUT2D eigenvalue weighted by atomic mass is 9.78. The second-order valence-electron chi connectivity index (χ2n) is 6.68. The van der Waals surface area contributed by atoms with Crippen molar-refractivity contribution in [2.75, 3.05) is 5.32 Å². The number of rotatable bonds is 6. The molecule has 1 saturated carbocycles. The second-order valence-corrected chi connectivity index (χ2v) is 6.68. The summed E-state index contributed by atoms with van der Waals surface area (Å²) in [5.74, 6) is -1.82. The molecule has 1 aliphatic carbocycles. The van der Waals surface area contributed by atoms with Crippen LogP contribution in [0.5, 0.6) is 0 Å². The van der Waals surface area contributed by atoms with Crippen LogP contribution in [0.1, 0.15) is 25.7 Å². The average molecular weight is 373 g/mol. The highest BCUT2D eigenvalue weighted by Gasteiger charge is 2.30. The van der Waals surface area contributed by atoms with Gasteiger partial charge in [-0.25, -0.2) is 23.7 Å². The van der Waals surface area contributed by atoms with Crippen LogP contribution in [-0.4, -0.2) is 37.1 Å². The molecule has 3 aromatic rings. The maximum absolute atomic E-state index is 14.3. The lowest BCUT2D eigenvalue weighted by Gasteiger charge is -2.33. The zero-order valence-electron chi connectivity index (χ0n) is 14.2. The van der Waals surface area contributed by atoms with Gasteiger partial charge >= 0.3 is 5.97 Å². The Morgan fingerprint density at radius 3 is 2.85 bits per heavy atom. The van der Waals surface area contributed by atoms with E-state index >= 15 is 0 Å². The minimum absolute atomic E-state index is 0.0585. The summed E-state index contributed by atoms with van der Waals surface area (Å²) in [6.07, 6.45) is 6.41. The lowest BCUT2D eigenvalue weighted by molar-refractivity contribution is -0.137. The monoisotopic (exact) mass is 373 g/mol. The fourth-order valence-electron chi connectivity index (χ4n) is 3.30. The summed E-state index contributed by atoms with van der Waals surface area (Å²) in [6, 6.07) is 0.894. The number of hydrogen-bond donors (Lipinski definition) is 3. The van der Waals surface area contributed by atoms with Gasteiger partial charge in [0.05, 0.1) is 18.8 Å². The molecule has 0 saturated heterocycles. The molecule has 3 N–H and O–H groups in total. The van der Waals surface area contributed by atoms with Crippen molar-refractivity contribution in [1.29, 1.82) is 0 Å². The van der Waals surface area contributed by atoms with E-state index in [-0.39, 0.29) is 24.0 Å². The predicted octanol–water partition coefficient (Wildman–Crippen LogP) is 3.35. The summed E-state index contributed by atoms with van der Waals surface area (Å²) in [4.78, 5) is 26.2. The molecule has 1 aliphatic rings. The zero-order valence-corrected chi connectivity index (χ0v) is 14.2. The Morgan fingerprint density at radius 1 is 1.33 bits per heavy atom. The van der Waals surface area contributed by atoms with Crippen molar-refractivity contribution in [2.45, 2.75) is 31.7 Å². The summed E-state index contributed by atoms with van der Waals surface area (Å²) < 4.78 is 27.8. The SMILES string of the molecule is O=C(O)CC(Nc1nc(-c2c[nH]c3ncc(F)cc23)ncc1F)C1CCC1. The number of halogens is 2. The number of anilines is 1. The van der Waals surface area contributed by atoms with Gasteiger partial charge in [-0.05, 0) is 24.8 Å². The Bertz CT molecular complexity index is 1000. The lowest BCUT2D eigenvalue weighted by Crippen LogP contribution is -2.36. The molecule has 27 heavy (non-hydrogen) atoms. The number of H-pyrrole nitrogens is 1. The van der Waals surface area contributed by atoms with E-state index in [1.807, 2.05) is 0 Å². The third-order valence-electron chi connectivity index (χ3n) is 4.92. The Labute approximate surface area is 152 Å². The first-order valence-corrected chi connectivity index (χ1v) is 8.65. The Kier molecular flexibility index (Phi) is 4.43. The third-order valence-corrected chi connectivity index (χ3v) is 4.92. The number of aromatic amines is 1. The van der Waals surface area contributed by atoms with Crippen LogP contribution in [0.4, 0.5) is 14.6 Å². The normalized spacial score (nSPS) is 15.5. The summed E-state index contributed by atoms with van der Waals surface area (Å²) >= 11 is 0. The molecule has 3 aromatic heterocycles. The first-order valence-electron chi connectivity index (χ1n) is 8.65. The molecule has 0 bridgehead atoms. The number of pyridine rings is 1. The van der Waals surface area contributed by atoms with Crippen molar-refractivity contribution in [3.63, 3.8) is 0 Å². The number of carbonyl (C=O) groups is 1. The van der Waals surface area contributed by atoms with Gasteiger partial charge in [-0.3, -0.25) is 4.79 Å². The van der Waals surface area contributed by atoms with Crippen LogP contribution in [0, 0.1) is 17.6 Å². The van der Waals surface area contributed by atoms with Crippen LogP contribution in [0.25, 0.3) is 22.4 Å². The molecule has 0 amide bonds. The number of carboxylic acids is 1. The van der Waals surface area contributed by atoms with E-state index in [0.29, 0.717) is 16.6 Å². The van der Waals surface area contributed by atoms with Gasteiger partial charge in [-0.15, -0.1) is 0 Å². The van der Waals surface area contributed by atoms with Crippen LogP contribution in [0.3, 0.4) is 0 Å². The van der Waals surface area contributed by atoms with E-state index in [4.69, 9.17) is 5.11 Å². The molecular weight excluding hydrogens is 356 g/mol. The highest BCUT2D eigenvalue weighted by molar-refractivity contribution is 5.91. The maximum atomic E-state index is 14.3. The molecule has 0 spiro atoms. The zero-order chi connectivity index (χ0) is 19.0.